The minimum Gasteiger partial charge on any atom is -0.456 e. The van der Waals surface area contributed by atoms with Crippen LogP contribution in [0.3, 0.4) is 0 Å². The lowest BCUT2D eigenvalue weighted by Gasteiger charge is -2.14. The van der Waals surface area contributed by atoms with Gasteiger partial charge in [0.05, 0.1) is 0 Å². The Labute approximate surface area is 259 Å². The highest BCUT2D eigenvalue weighted by atomic mass is 16.3. The Bertz CT molecular complexity index is 2540. The molecule has 0 aliphatic carbocycles. The summed E-state index contributed by atoms with van der Waals surface area (Å²) in [6.45, 7) is 0. The summed E-state index contributed by atoms with van der Waals surface area (Å²) in [6.07, 6.45) is 0. The summed E-state index contributed by atoms with van der Waals surface area (Å²) in [5.74, 6) is 1.93. The van der Waals surface area contributed by atoms with Crippen LogP contribution in [-0.2, 0) is 0 Å². The SMILES string of the molecule is c1ccc(-c2nc(-c3ccc4ccccc4c3)nc(-c3cccc4cccc(-c5ccc6oc7ccccc7c6c5)c34)n2)cc1. The van der Waals surface area contributed by atoms with Crippen molar-refractivity contribution in [3.05, 3.63) is 152 Å². The highest BCUT2D eigenvalue weighted by Gasteiger charge is 2.17. The standard InChI is InChI=1S/C41H25N3O/c1-2-11-28(12-3-1)39-42-40(31-21-20-26-10-4-5-13-29(26)24-31)44-41(43-39)34-18-9-15-27-14-8-17-32(38(27)34)30-22-23-37-35(25-30)33-16-6-7-19-36(33)45-37/h1-25H. The van der Waals surface area contributed by atoms with Crippen LogP contribution in [0, 0.1) is 0 Å². The van der Waals surface area contributed by atoms with Gasteiger partial charge in [-0.1, -0.05) is 127 Å². The second-order valence-electron chi connectivity index (χ2n) is 11.3. The van der Waals surface area contributed by atoms with Crippen molar-refractivity contribution in [2.24, 2.45) is 0 Å². The van der Waals surface area contributed by atoms with Crippen LogP contribution in [0.4, 0.5) is 0 Å². The van der Waals surface area contributed by atoms with E-state index in [0.717, 1.165) is 65.9 Å². The summed E-state index contributed by atoms with van der Waals surface area (Å²) in [4.78, 5) is 15.2. The van der Waals surface area contributed by atoms with E-state index in [9.17, 15) is 0 Å². The third-order valence-corrected chi connectivity index (χ3v) is 8.51. The van der Waals surface area contributed by atoms with Crippen molar-refractivity contribution in [3.63, 3.8) is 0 Å². The molecule has 2 heterocycles. The minimum atomic E-state index is 0.639. The monoisotopic (exact) mass is 575 g/mol. The van der Waals surface area contributed by atoms with E-state index in [0.29, 0.717) is 17.5 Å². The highest BCUT2D eigenvalue weighted by Crippen LogP contribution is 2.39. The van der Waals surface area contributed by atoms with Gasteiger partial charge in [-0.15, -0.1) is 0 Å². The number of furan rings is 1. The second kappa shape index (κ2) is 10.2. The average Bonchev–Trinajstić information content (AvgIpc) is 3.49. The van der Waals surface area contributed by atoms with Crippen LogP contribution in [0.1, 0.15) is 0 Å². The Morgan fingerprint density at radius 3 is 1.87 bits per heavy atom. The van der Waals surface area contributed by atoms with Gasteiger partial charge in [0, 0.05) is 32.8 Å². The molecule has 0 spiro atoms. The van der Waals surface area contributed by atoms with E-state index in [-0.39, 0.29) is 0 Å². The first-order chi connectivity index (χ1) is 22.3. The number of hydrogen-bond acceptors (Lipinski definition) is 4. The maximum atomic E-state index is 6.13. The van der Waals surface area contributed by atoms with Crippen LogP contribution in [0.25, 0.3) is 88.8 Å². The molecule has 4 nitrogen and oxygen atoms in total. The van der Waals surface area contributed by atoms with E-state index in [1.807, 2.05) is 42.5 Å². The third-order valence-electron chi connectivity index (χ3n) is 8.51. The minimum absolute atomic E-state index is 0.639. The Hall–Kier alpha value is -6.13. The highest BCUT2D eigenvalue weighted by molar-refractivity contribution is 6.10. The lowest BCUT2D eigenvalue weighted by atomic mass is 9.93. The molecular formula is C41H25N3O. The number of para-hydroxylation sites is 1. The van der Waals surface area contributed by atoms with Gasteiger partial charge in [-0.05, 0) is 51.6 Å². The fourth-order valence-corrected chi connectivity index (χ4v) is 6.33. The molecule has 4 heteroatoms. The number of hydrogen-bond donors (Lipinski definition) is 0. The number of benzene rings is 7. The van der Waals surface area contributed by atoms with E-state index < -0.39 is 0 Å². The zero-order valence-corrected chi connectivity index (χ0v) is 24.2. The molecule has 45 heavy (non-hydrogen) atoms. The van der Waals surface area contributed by atoms with E-state index in [4.69, 9.17) is 19.4 Å². The molecule has 210 valence electrons. The summed E-state index contributed by atoms with van der Waals surface area (Å²) in [7, 11) is 0. The fourth-order valence-electron chi connectivity index (χ4n) is 6.33. The van der Waals surface area contributed by atoms with Gasteiger partial charge < -0.3 is 4.42 Å². The summed E-state index contributed by atoms with van der Waals surface area (Å²) < 4.78 is 6.13. The summed E-state index contributed by atoms with van der Waals surface area (Å²) in [5.41, 5.74) is 6.85. The molecule has 0 atom stereocenters. The lowest BCUT2D eigenvalue weighted by Crippen LogP contribution is -2.01. The normalized spacial score (nSPS) is 11.6. The summed E-state index contributed by atoms with van der Waals surface area (Å²) in [5, 5.41) is 6.76. The van der Waals surface area contributed by atoms with Gasteiger partial charge in [0.1, 0.15) is 11.2 Å². The number of fused-ring (bicyclic) bond motifs is 5. The molecule has 2 aromatic heterocycles. The second-order valence-corrected chi connectivity index (χ2v) is 11.3. The van der Waals surface area contributed by atoms with Gasteiger partial charge in [0.2, 0.25) is 0 Å². The van der Waals surface area contributed by atoms with Gasteiger partial charge >= 0.3 is 0 Å². The van der Waals surface area contributed by atoms with Gasteiger partial charge in [-0.25, -0.2) is 15.0 Å². The van der Waals surface area contributed by atoms with Crippen LogP contribution in [-0.4, -0.2) is 15.0 Å². The summed E-state index contributed by atoms with van der Waals surface area (Å²) >= 11 is 0. The molecule has 0 bridgehead atoms. The van der Waals surface area contributed by atoms with Crippen molar-refractivity contribution in [1.82, 2.24) is 15.0 Å². The van der Waals surface area contributed by atoms with Crippen LogP contribution in [0.15, 0.2) is 156 Å². The molecule has 0 saturated carbocycles. The predicted octanol–water partition coefficient (Wildman–Crippen LogP) is 10.7. The molecule has 0 fully saturated rings. The zero-order chi connectivity index (χ0) is 29.7. The van der Waals surface area contributed by atoms with Crippen LogP contribution < -0.4 is 0 Å². The zero-order valence-electron chi connectivity index (χ0n) is 24.2. The van der Waals surface area contributed by atoms with Crippen molar-refractivity contribution in [2.45, 2.75) is 0 Å². The van der Waals surface area contributed by atoms with Crippen molar-refractivity contribution < 1.29 is 4.42 Å². The average molecular weight is 576 g/mol. The molecule has 0 aliphatic rings. The Balaban J connectivity index is 1.29. The van der Waals surface area contributed by atoms with Crippen molar-refractivity contribution in [2.75, 3.05) is 0 Å². The lowest BCUT2D eigenvalue weighted by molar-refractivity contribution is 0.669. The van der Waals surface area contributed by atoms with Crippen molar-refractivity contribution >= 4 is 43.5 Å². The van der Waals surface area contributed by atoms with Crippen LogP contribution in [0.5, 0.6) is 0 Å². The number of nitrogens with zero attached hydrogens (tertiary/aromatic N) is 3. The molecule has 0 amide bonds. The van der Waals surface area contributed by atoms with Gasteiger partial charge in [0.15, 0.2) is 17.5 Å². The van der Waals surface area contributed by atoms with Crippen LogP contribution in [0.2, 0.25) is 0 Å². The smallest absolute Gasteiger partial charge is 0.164 e. The van der Waals surface area contributed by atoms with E-state index in [1.54, 1.807) is 0 Å². The van der Waals surface area contributed by atoms with Gasteiger partial charge in [0.25, 0.3) is 0 Å². The Morgan fingerprint density at radius 2 is 1.00 bits per heavy atom. The maximum absolute atomic E-state index is 6.13. The van der Waals surface area contributed by atoms with Crippen molar-refractivity contribution in [3.8, 4) is 45.3 Å². The molecular weight excluding hydrogens is 550 g/mol. The molecule has 7 aromatic carbocycles. The van der Waals surface area contributed by atoms with Crippen molar-refractivity contribution in [1.29, 1.82) is 0 Å². The molecule has 0 saturated heterocycles. The molecule has 0 unspecified atom stereocenters. The van der Waals surface area contributed by atoms with Gasteiger partial charge in [-0.2, -0.15) is 0 Å². The maximum Gasteiger partial charge on any atom is 0.164 e. The van der Waals surface area contributed by atoms with E-state index >= 15 is 0 Å². The summed E-state index contributed by atoms with van der Waals surface area (Å²) in [6, 6.07) is 52.3. The van der Waals surface area contributed by atoms with Gasteiger partial charge in [-0.3, -0.25) is 0 Å². The fraction of sp³-hybridized carbons (Fsp3) is 0. The Kier molecular flexibility index (Phi) is 5.78. The van der Waals surface area contributed by atoms with E-state index in [2.05, 4.69) is 109 Å². The first-order valence-electron chi connectivity index (χ1n) is 15.0. The molecule has 9 aromatic rings. The number of rotatable bonds is 4. The van der Waals surface area contributed by atoms with E-state index in [1.165, 1.54) is 5.39 Å². The van der Waals surface area contributed by atoms with Crippen LogP contribution >= 0.6 is 0 Å². The first-order valence-corrected chi connectivity index (χ1v) is 15.0. The third kappa shape index (κ3) is 4.35. The molecule has 0 aliphatic heterocycles. The predicted molar refractivity (Wildman–Crippen MR) is 184 cm³/mol. The number of aromatic nitrogens is 3. The topological polar surface area (TPSA) is 51.8 Å². The Morgan fingerprint density at radius 1 is 0.356 bits per heavy atom. The quantitative estimate of drug-likeness (QED) is 0.209. The first kappa shape index (κ1) is 25.4. The largest absolute Gasteiger partial charge is 0.456 e. The molecule has 0 N–H and O–H groups in total. The molecule has 9 rings (SSSR count). The molecule has 0 radical (unpaired) electrons.